The van der Waals surface area contributed by atoms with Crippen LogP contribution in [0, 0.1) is 0 Å². The van der Waals surface area contributed by atoms with Crippen molar-refractivity contribution in [3.05, 3.63) is 0 Å². The summed E-state index contributed by atoms with van der Waals surface area (Å²) >= 11 is 0. The Kier molecular flexibility index (Phi) is 8.49. The van der Waals surface area contributed by atoms with Crippen LogP contribution in [0.5, 0.6) is 0 Å². The second kappa shape index (κ2) is 10.3. The monoisotopic (exact) mass is 460 g/mol. The maximum Gasteiger partial charge on any atom is 0.407 e. The molecule has 2 aliphatic heterocycles. The maximum absolute atomic E-state index is 12.7. The highest BCUT2D eigenvalue weighted by Gasteiger charge is 2.57. The van der Waals surface area contributed by atoms with E-state index in [1.807, 2.05) is 0 Å². The van der Waals surface area contributed by atoms with Crippen LogP contribution in [0.3, 0.4) is 0 Å². The average molecular weight is 461 g/mol. The van der Waals surface area contributed by atoms with Gasteiger partial charge in [0.1, 0.15) is 23.9 Å². The minimum absolute atomic E-state index is 0.0218. The van der Waals surface area contributed by atoms with E-state index in [0.717, 1.165) is 0 Å². The fourth-order valence-electron chi connectivity index (χ4n) is 3.72. The Morgan fingerprint density at radius 2 is 1.72 bits per heavy atom. The number of carbonyl (C=O) groups is 3. The summed E-state index contributed by atoms with van der Waals surface area (Å²) < 4.78 is 33.3. The van der Waals surface area contributed by atoms with E-state index in [1.54, 1.807) is 41.5 Å². The van der Waals surface area contributed by atoms with Gasteiger partial charge < -0.3 is 39.1 Å². The van der Waals surface area contributed by atoms with Crippen LogP contribution in [-0.4, -0.2) is 80.3 Å². The van der Waals surface area contributed by atoms with Crippen LogP contribution in [0.1, 0.15) is 54.4 Å². The molecule has 2 heterocycles. The number of carbonyl (C=O) groups excluding carboxylic acids is 3. The largest absolute Gasteiger partial charge is 0.469 e. The van der Waals surface area contributed by atoms with E-state index in [9.17, 15) is 14.4 Å². The van der Waals surface area contributed by atoms with Gasteiger partial charge in [0.2, 0.25) is 5.91 Å². The number of methoxy groups -OCH3 is 2. The van der Waals surface area contributed by atoms with Crippen LogP contribution in [0.4, 0.5) is 4.79 Å². The van der Waals surface area contributed by atoms with Gasteiger partial charge in [-0.3, -0.25) is 9.59 Å². The van der Waals surface area contributed by atoms with Gasteiger partial charge in [0, 0.05) is 19.6 Å². The summed E-state index contributed by atoms with van der Waals surface area (Å²) in [5.74, 6) is -1.67. The Morgan fingerprint density at radius 3 is 2.28 bits per heavy atom. The van der Waals surface area contributed by atoms with Gasteiger partial charge >= 0.3 is 12.1 Å². The van der Waals surface area contributed by atoms with Gasteiger partial charge in [-0.25, -0.2) is 4.79 Å². The molecule has 0 bridgehead atoms. The first-order chi connectivity index (χ1) is 14.7. The highest BCUT2D eigenvalue weighted by Crippen LogP contribution is 2.39. The predicted molar refractivity (Wildman–Crippen MR) is 112 cm³/mol. The summed E-state index contributed by atoms with van der Waals surface area (Å²) in [6, 6.07) is -1.26. The summed E-state index contributed by atoms with van der Waals surface area (Å²) in [6.45, 7) is 10.4. The molecule has 2 aliphatic rings. The van der Waals surface area contributed by atoms with Crippen molar-refractivity contribution in [1.29, 1.82) is 0 Å². The van der Waals surface area contributed by atoms with E-state index in [2.05, 4.69) is 15.4 Å². The lowest BCUT2D eigenvalue weighted by molar-refractivity contribution is -0.220. The first-order valence-corrected chi connectivity index (χ1v) is 10.6. The van der Waals surface area contributed by atoms with Gasteiger partial charge in [-0.05, 0) is 41.5 Å². The van der Waals surface area contributed by atoms with Crippen LogP contribution in [0.15, 0.2) is 0 Å². The molecular formula is C21H36N2O9. The predicted octanol–water partition coefficient (Wildman–Crippen LogP) is 1.23. The zero-order chi connectivity index (χ0) is 24.3. The first kappa shape index (κ1) is 26.3. The highest BCUT2D eigenvalue weighted by atomic mass is 16.8. The molecule has 2 saturated heterocycles. The Morgan fingerprint density at radius 1 is 1.06 bits per heavy atom. The standard InChI is InChI=1S/C21H36N2O9/c1-11(9-14(25)27-7)22-13(24)10-12(23-19(26)32-20(2,3)4)15-16(28-8)17-18(29-15)31-21(5,6)30-17/h11-12,15-18H,9-10H2,1-8H3,(H,22,24)(H,23,26)/t11-,12-,15+,16-,17+,18+/m0/s1. The fourth-order valence-corrected chi connectivity index (χ4v) is 3.72. The van der Waals surface area contributed by atoms with Gasteiger partial charge in [0.25, 0.3) is 0 Å². The minimum atomic E-state index is -0.841. The number of ether oxygens (including phenoxy) is 6. The third kappa shape index (κ3) is 7.29. The van der Waals surface area contributed by atoms with Gasteiger partial charge in [-0.1, -0.05) is 0 Å². The number of amides is 2. The lowest BCUT2D eigenvalue weighted by Crippen LogP contribution is -2.53. The molecule has 0 saturated carbocycles. The van der Waals surface area contributed by atoms with Crippen molar-refractivity contribution in [2.45, 2.75) is 102 Å². The fraction of sp³-hybridized carbons (Fsp3) is 0.857. The van der Waals surface area contributed by atoms with E-state index < -0.39 is 60.1 Å². The molecular weight excluding hydrogens is 424 g/mol. The summed E-state index contributed by atoms with van der Waals surface area (Å²) in [5, 5.41) is 5.44. The molecule has 2 N–H and O–H groups in total. The summed E-state index contributed by atoms with van der Waals surface area (Å²) in [6.07, 6.45) is -3.38. The molecule has 0 aromatic heterocycles. The number of alkyl carbamates (subject to hydrolysis) is 1. The summed E-state index contributed by atoms with van der Waals surface area (Å²) in [4.78, 5) is 36.6. The van der Waals surface area contributed by atoms with E-state index in [0.29, 0.717) is 0 Å². The third-order valence-electron chi connectivity index (χ3n) is 4.91. The molecule has 32 heavy (non-hydrogen) atoms. The molecule has 0 radical (unpaired) electrons. The van der Waals surface area contributed by atoms with Gasteiger partial charge in [0.05, 0.1) is 19.6 Å². The third-order valence-corrected chi connectivity index (χ3v) is 4.91. The highest BCUT2D eigenvalue weighted by molar-refractivity contribution is 5.79. The van der Waals surface area contributed by atoms with Crippen molar-refractivity contribution in [2.24, 2.45) is 0 Å². The summed E-state index contributed by atoms with van der Waals surface area (Å²) in [5.41, 5.74) is -0.726. The minimum Gasteiger partial charge on any atom is -0.469 e. The Hall–Kier alpha value is -1.95. The van der Waals surface area contributed by atoms with Gasteiger partial charge in [-0.2, -0.15) is 0 Å². The van der Waals surface area contributed by atoms with Gasteiger partial charge in [-0.15, -0.1) is 0 Å². The number of fused-ring (bicyclic) bond motifs is 1. The second-order valence-corrected chi connectivity index (χ2v) is 9.48. The van der Waals surface area contributed by atoms with Crippen molar-refractivity contribution in [2.75, 3.05) is 14.2 Å². The zero-order valence-corrected chi connectivity index (χ0v) is 20.1. The molecule has 6 atom stereocenters. The normalized spacial score (nSPS) is 28.4. The SMILES string of the molecule is COC(=O)C[C@H](C)NC(=O)C[C@H](NC(=O)OC(C)(C)C)[C@H]1O[C@@H]2OC(C)(C)O[C@@H]2[C@H]1OC. The van der Waals surface area contributed by atoms with Crippen molar-refractivity contribution >= 4 is 18.0 Å². The number of nitrogens with one attached hydrogen (secondary N) is 2. The molecule has 184 valence electrons. The molecule has 0 aromatic rings. The van der Waals surface area contributed by atoms with Crippen LogP contribution in [0.25, 0.3) is 0 Å². The van der Waals surface area contributed by atoms with Crippen molar-refractivity contribution in [1.82, 2.24) is 10.6 Å². The van der Waals surface area contributed by atoms with Crippen LogP contribution in [0.2, 0.25) is 0 Å². The maximum atomic E-state index is 12.7. The lowest BCUT2D eigenvalue weighted by atomic mass is 10.00. The number of esters is 1. The smallest absolute Gasteiger partial charge is 0.407 e. The van der Waals surface area contributed by atoms with E-state index in [1.165, 1.54) is 14.2 Å². The Labute approximate surface area is 188 Å². The van der Waals surface area contributed by atoms with Crippen LogP contribution >= 0.6 is 0 Å². The second-order valence-electron chi connectivity index (χ2n) is 9.48. The van der Waals surface area contributed by atoms with E-state index in [-0.39, 0.29) is 18.7 Å². The number of rotatable bonds is 8. The topological polar surface area (TPSA) is 131 Å². The first-order valence-electron chi connectivity index (χ1n) is 10.6. The molecule has 0 spiro atoms. The molecule has 11 nitrogen and oxygen atoms in total. The van der Waals surface area contributed by atoms with E-state index in [4.69, 9.17) is 23.7 Å². The van der Waals surface area contributed by atoms with Crippen molar-refractivity contribution in [3.63, 3.8) is 0 Å². The van der Waals surface area contributed by atoms with Crippen LogP contribution < -0.4 is 10.6 Å². The molecule has 0 aliphatic carbocycles. The molecule has 11 heteroatoms. The number of hydrogen-bond acceptors (Lipinski definition) is 9. The Balaban J connectivity index is 2.13. The van der Waals surface area contributed by atoms with Crippen LogP contribution in [-0.2, 0) is 38.0 Å². The summed E-state index contributed by atoms with van der Waals surface area (Å²) in [7, 11) is 2.78. The number of hydrogen-bond donors (Lipinski definition) is 2. The van der Waals surface area contributed by atoms with Crippen molar-refractivity contribution in [3.8, 4) is 0 Å². The van der Waals surface area contributed by atoms with Gasteiger partial charge in [0.15, 0.2) is 12.1 Å². The molecule has 0 unspecified atom stereocenters. The molecule has 2 rings (SSSR count). The molecule has 2 amide bonds. The quantitative estimate of drug-likeness (QED) is 0.514. The van der Waals surface area contributed by atoms with E-state index >= 15 is 0 Å². The Bertz CT molecular complexity index is 691. The molecule has 2 fully saturated rings. The van der Waals surface area contributed by atoms with Crippen molar-refractivity contribution < 1.29 is 42.8 Å². The molecule has 0 aromatic carbocycles. The zero-order valence-electron chi connectivity index (χ0n) is 20.1. The lowest BCUT2D eigenvalue weighted by Gasteiger charge is -2.31. The average Bonchev–Trinajstić information content (AvgIpc) is 3.10.